The molecule has 28 heavy (non-hydrogen) atoms. The number of carbonyl (C=O) groups is 2. The molecule has 1 fully saturated rings. The van der Waals surface area contributed by atoms with E-state index in [2.05, 4.69) is 17.2 Å². The zero-order valence-electron chi connectivity index (χ0n) is 16.8. The summed E-state index contributed by atoms with van der Waals surface area (Å²) in [5.41, 5.74) is 2.50. The maximum absolute atomic E-state index is 13.0. The Balaban J connectivity index is 1.73. The largest absolute Gasteiger partial charge is 0.378 e. The lowest BCUT2D eigenvalue weighted by Crippen LogP contribution is -2.43. The summed E-state index contributed by atoms with van der Waals surface area (Å²) in [6.07, 6.45) is 5.72. The lowest BCUT2D eigenvalue weighted by atomic mass is 9.99. The molecule has 1 unspecified atom stereocenters. The minimum Gasteiger partial charge on any atom is -0.378 e. The minimum absolute atomic E-state index is 0.0154. The number of nitrogens with zero attached hydrogens (tertiary/aromatic N) is 3. The quantitative estimate of drug-likeness (QED) is 0.857. The molecule has 3 rings (SSSR count). The Hall–Kier alpha value is -2.89. The zero-order chi connectivity index (χ0) is 20.1. The van der Waals surface area contributed by atoms with Gasteiger partial charge in [-0.1, -0.05) is 6.92 Å². The van der Waals surface area contributed by atoms with Gasteiger partial charge in [-0.15, -0.1) is 0 Å². The third-order valence-electron chi connectivity index (χ3n) is 5.24. The van der Waals surface area contributed by atoms with Gasteiger partial charge in [-0.05, 0) is 62.1 Å². The van der Waals surface area contributed by atoms with E-state index in [1.807, 2.05) is 48.2 Å². The van der Waals surface area contributed by atoms with Crippen molar-refractivity contribution in [2.75, 3.05) is 30.9 Å². The number of likely N-dealkylation sites (tertiary alicyclic amines) is 1. The standard InChI is InChI=1S/C22H28N4O2/c1-4-18-7-5-6-14-26(18)22(28)16-12-13-23-20(15-16)21(27)24-17-8-10-19(11-9-17)25(2)3/h8-13,15,18H,4-7,14H2,1-3H3,(H,24,27). The van der Waals surface area contributed by atoms with E-state index in [1.165, 1.54) is 12.6 Å². The van der Waals surface area contributed by atoms with Crippen molar-refractivity contribution >= 4 is 23.2 Å². The number of pyridine rings is 1. The van der Waals surface area contributed by atoms with Gasteiger partial charge >= 0.3 is 0 Å². The van der Waals surface area contributed by atoms with Crippen molar-refractivity contribution in [1.82, 2.24) is 9.88 Å². The molecule has 1 N–H and O–H groups in total. The predicted molar refractivity (Wildman–Crippen MR) is 112 cm³/mol. The molecule has 6 nitrogen and oxygen atoms in total. The molecule has 1 aromatic carbocycles. The van der Waals surface area contributed by atoms with Crippen molar-refractivity contribution in [2.45, 2.75) is 38.6 Å². The Morgan fingerprint density at radius 2 is 1.93 bits per heavy atom. The first kappa shape index (κ1) is 19.9. The molecule has 2 aromatic rings. The Morgan fingerprint density at radius 1 is 1.18 bits per heavy atom. The Bertz CT molecular complexity index is 833. The van der Waals surface area contributed by atoms with Crippen LogP contribution >= 0.6 is 0 Å². The summed E-state index contributed by atoms with van der Waals surface area (Å²) in [4.78, 5) is 33.7. The van der Waals surface area contributed by atoms with Gasteiger partial charge in [-0.2, -0.15) is 0 Å². The van der Waals surface area contributed by atoms with E-state index in [-0.39, 0.29) is 23.6 Å². The van der Waals surface area contributed by atoms with Gasteiger partial charge in [0.25, 0.3) is 11.8 Å². The van der Waals surface area contributed by atoms with Gasteiger partial charge in [0.15, 0.2) is 0 Å². The predicted octanol–water partition coefficient (Wildman–Crippen LogP) is 3.80. The second-order valence-electron chi connectivity index (χ2n) is 7.38. The van der Waals surface area contributed by atoms with Gasteiger partial charge < -0.3 is 15.1 Å². The van der Waals surface area contributed by atoms with Crippen LogP contribution < -0.4 is 10.2 Å². The Kier molecular flexibility index (Phi) is 6.29. The highest BCUT2D eigenvalue weighted by molar-refractivity contribution is 6.04. The third kappa shape index (κ3) is 4.50. The Labute approximate surface area is 166 Å². The highest BCUT2D eigenvalue weighted by atomic mass is 16.2. The molecule has 1 atom stereocenters. The first-order valence-electron chi connectivity index (χ1n) is 9.85. The van der Waals surface area contributed by atoms with Crippen molar-refractivity contribution in [3.63, 3.8) is 0 Å². The van der Waals surface area contributed by atoms with Crippen molar-refractivity contribution in [3.8, 4) is 0 Å². The first-order valence-corrected chi connectivity index (χ1v) is 9.85. The molecule has 1 saturated heterocycles. The summed E-state index contributed by atoms with van der Waals surface area (Å²) in [6.45, 7) is 2.89. The van der Waals surface area contributed by atoms with E-state index in [9.17, 15) is 9.59 Å². The smallest absolute Gasteiger partial charge is 0.274 e. The molecule has 0 spiro atoms. The van der Waals surface area contributed by atoms with Crippen molar-refractivity contribution in [1.29, 1.82) is 0 Å². The number of piperidine rings is 1. The number of aromatic nitrogens is 1. The number of rotatable bonds is 5. The van der Waals surface area contributed by atoms with Crippen LogP contribution in [0.15, 0.2) is 42.6 Å². The number of anilines is 2. The maximum atomic E-state index is 13.0. The molecular weight excluding hydrogens is 352 g/mol. The van der Waals surface area contributed by atoms with E-state index >= 15 is 0 Å². The Morgan fingerprint density at radius 3 is 2.61 bits per heavy atom. The van der Waals surface area contributed by atoms with Gasteiger partial charge in [-0.3, -0.25) is 14.6 Å². The summed E-state index contributed by atoms with van der Waals surface area (Å²) < 4.78 is 0. The highest BCUT2D eigenvalue weighted by Gasteiger charge is 2.26. The van der Waals surface area contributed by atoms with Crippen LogP contribution in [-0.2, 0) is 0 Å². The van der Waals surface area contributed by atoms with Crippen LogP contribution in [0.2, 0.25) is 0 Å². The van der Waals surface area contributed by atoms with E-state index in [4.69, 9.17) is 0 Å². The summed E-state index contributed by atoms with van der Waals surface area (Å²) >= 11 is 0. The fourth-order valence-electron chi connectivity index (χ4n) is 3.58. The summed E-state index contributed by atoms with van der Waals surface area (Å²) in [5.74, 6) is -0.337. The molecule has 1 aliphatic rings. The van der Waals surface area contributed by atoms with Gasteiger partial charge in [0, 0.05) is 49.8 Å². The molecule has 148 valence electrons. The number of hydrogen-bond acceptors (Lipinski definition) is 4. The fourth-order valence-corrected chi connectivity index (χ4v) is 3.58. The number of carbonyl (C=O) groups excluding carboxylic acids is 2. The van der Waals surface area contributed by atoms with Gasteiger partial charge in [0.1, 0.15) is 5.69 Å². The number of nitrogens with one attached hydrogen (secondary N) is 1. The van der Waals surface area contributed by atoms with E-state index in [0.29, 0.717) is 11.3 Å². The van der Waals surface area contributed by atoms with E-state index in [1.54, 1.807) is 12.1 Å². The highest BCUT2D eigenvalue weighted by Crippen LogP contribution is 2.22. The molecule has 0 radical (unpaired) electrons. The molecule has 1 aliphatic heterocycles. The van der Waals surface area contributed by atoms with Crippen LogP contribution in [0.4, 0.5) is 11.4 Å². The maximum Gasteiger partial charge on any atom is 0.274 e. The molecular formula is C22H28N4O2. The molecule has 0 saturated carbocycles. The summed E-state index contributed by atoms with van der Waals surface area (Å²) in [6, 6.07) is 11.1. The SMILES string of the molecule is CCC1CCCCN1C(=O)c1ccnc(C(=O)Nc2ccc(N(C)C)cc2)c1. The lowest BCUT2D eigenvalue weighted by Gasteiger charge is -2.35. The summed E-state index contributed by atoms with van der Waals surface area (Å²) in [7, 11) is 3.93. The van der Waals surface area contributed by atoms with Crippen LogP contribution in [0.1, 0.15) is 53.5 Å². The van der Waals surface area contributed by atoms with Crippen LogP contribution in [0.25, 0.3) is 0 Å². The van der Waals surface area contributed by atoms with Gasteiger partial charge in [-0.25, -0.2) is 0 Å². The van der Waals surface area contributed by atoms with Crippen molar-refractivity contribution < 1.29 is 9.59 Å². The molecule has 1 aromatic heterocycles. The van der Waals surface area contributed by atoms with Crippen molar-refractivity contribution in [3.05, 3.63) is 53.9 Å². The van der Waals surface area contributed by atoms with Gasteiger partial charge in [0.05, 0.1) is 0 Å². The van der Waals surface area contributed by atoms with Crippen LogP contribution in [0.3, 0.4) is 0 Å². The van der Waals surface area contributed by atoms with E-state index in [0.717, 1.165) is 31.5 Å². The average molecular weight is 380 g/mol. The first-order chi connectivity index (χ1) is 13.5. The molecule has 2 amide bonds. The number of amides is 2. The number of benzene rings is 1. The number of hydrogen-bond donors (Lipinski definition) is 1. The molecule has 0 aliphatic carbocycles. The van der Waals surface area contributed by atoms with E-state index < -0.39 is 0 Å². The van der Waals surface area contributed by atoms with Crippen LogP contribution in [0.5, 0.6) is 0 Å². The molecule has 0 bridgehead atoms. The molecule has 2 heterocycles. The summed E-state index contributed by atoms with van der Waals surface area (Å²) in [5, 5.41) is 2.85. The second kappa shape index (κ2) is 8.87. The molecule has 6 heteroatoms. The second-order valence-corrected chi connectivity index (χ2v) is 7.38. The van der Waals surface area contributed by atoms with Crippen LogP contribution in [-0.4, -0.2) is 48.4 Å². The minimum atomic E-state index is -0.321. The third-order valence-corrected chi connectivity index (χ3v) is 5.24. The lowest BCUT2D eigenvalue weighted by molar-refractivity contribution is 0.0608. The topological polar surface area (TPSA) is 65.5 Å². The van der Waals surface area contributed by atoms with Crippen LogP contribution in [0, 0.1) is 0 Å². The average Bonchev–Trinajstić information content (AvgIpc) is 2.73. The monoisotopic (exact) mass is 380 g/mol. The normalized spacial score (nSPS) is 16.5. The zero-order valence-corrected chi connectivity index (χ0v) is 16.8. The van der Waals surface area contributed by atoms with Crippen molar-refractivity contribution in [2.24, 2.45) is 0 Å². The van der Waals surface area contributed by atoms with Gasteiger partial charge in [0.2, 0.25) is 0 Å². The fraction of sp³-hybridized carbons (Fsp3) is 0.409.